The van der Waals surface area contributed by atoms with E-state index in [0.717, 1.165) is 0 Å². The molecule has 8 heteroatoms. The van der Waals surface area contributed by atoms with Gasteiger partial charge in [0.25, 0.3) is 5.56 Å². The second-order valence-electron chi connectivity index (χ2n) is 6.67. The summed E-state index contributed by atoms with van der Waals surface area (Å²) < 4.78 is 15.2. The summed E-state index contributed by atoms with van der Waals surface area (Å²) in [6.45, 7) is 0. The highest BCUT2D eigenvalue weighted by Gasteiger charge is 2.22. The molecule has 0 spiro atoms. The number of hydrogen-bond donors (Lipinski definition) is 2. The quantitative estimate of drug-likeness (QED) is 0.546. The zero-order chi connectivity index (χ0) is 20.4. The molecule has 29 heavy (non-hydrogen) atoms. The van der Waals surface area contributed by atoms with Crippen LogP contribution in [0.3, 0.4) is 0 Å². The first-order chi connectivity index (χ1) is 14.0. The van der Waals surface area contributed by atoms with Gasteiger partial charge in [0, 0.05) is 24.8 Å². The Balaban J connectivity index is 1.64. The first kappa shape index (κ1) is 18.5. The van der Waals surface area contributed by atoms with Crippen molar-refractivity contribution >= 4 is 16.7 Å². The van der Waals surface area contributed by atoms with Crippen LogP contribution in [-0.2, 0) is 18.3 Å². The van der Waals surface area contributed by atoms with Crippen molar-refractivity contribution in [3.05, 3.63) is 94.2 Å². The molecule has 0 radical (unpaired) electrons. The number of carbonyl (C=O) groups excluding carboxylic acids is 1. The Morgan fingerprint density at radius 2 is 1.90 bits per heavy atom. The lowest BCUT2D eigenvalue weighted by atomic mass is 10.0. The van der Waals surface area contributed by atoms with Gasteiger partial charge in [0.1, 0.15) is 17.7 Å². The minimum atomic E-state index is -0.558. The second-order valence-corrected chi connectivity index (χ2v) is 6.67. The van der Waals surface area contributed by atoms with Crippen molar-refractivity contribution < 1.29 is 9.18 Å². The summed E-state index contributed by atoms with van der Waals surface area (Å²) in [5, 5.41) is 10.5. The third kappa shape index (κ3) is 3.77. The van der Waals surface area contributed by atoms with Gasteiger partial charge in [0.05, 0.1) is 17.5 Å². The zero-order valence-electron chi connectivity index (χ0n) is 15.6. The molecule has 0 fully saturated rings. The van der Waals surface area contributed by atoms with Gasteiger partial charge in [-0.05, 0) is 23.8 Å². The van der Waals surface area contributed by atoms with E-state index < -0.39 is 6.04 Å². The van der Waals surface area contributed by atoms with Crippen molar-refractivity contribution in [1.29, 1.82) is 0 Å². The Morgan fingerprint density at radius 3 is 2.59 bits per heavy atom. The average Bonchev–Trinajstić information content (AvgIpc) is 3.15. The summed E-state index contributed by atoms with van der Waals surface area (Å²) >= 11 is 0. The van der Waals surface area contributed by atoms with E-state index in [1.54, 1.807) is 53.4 Å². The van der Waals surface area contributed by atoms with Gasteiger partial charge in [-0.2, -0.15) is 5.10 Å². The van der Waals surface area contributed by atoms with Crippen molar-refractivity contribution in [1.82, 2.24) is 25.1 Å². The third-order valence-corrected chi connectivity index (χ3v) is 4.73. The van der Waals surface area contributed by atoms with Gasteiger partial charge in [-0.1, -0.05) is 30.3 Å². The van der Waals surface area contributed by atoms with Gasteiger partial charge in [0.2, 0.25) is 5.91 Å². The van der Waals surface area contributed by atoms with E-state index in [1.807, 2.05) is 7.05 Å². The summed E-state index contributed by atoms with van der Waals surface area (Å²) in [7, 11) is 1.82. The molecule has 4 rings (SSSR count). The Bertz CT molecular complexity index is 1230. The maximum absolute atomic E-state index is 13.4. The first-order valence-corrected chi connectivity index (χ1v) is 9.01. The van der Waals surface area contributed by atoms with Crippen LogP contribution in [0.4, 0.5) is 4.39 Å². The van der Waals surface area contributed by atoms with Crippen molar-refractivity contribution in [3.63, 3.8) is 0 Å². The Morgan fingerprint density at radius 1 is 1.17 bits per heavy atom. The number of imidazole rings is 1. The van der Waals surface area contributed by atoms with Crippen LogP contribution in [0.5, 0.6) is 0 Å². The lowest BCUT2D eigenvalue weighted by molar-refractivity contribution is -0.121. The Kier molecular flexibility index (Phi) is 4.90. The van der Waals surface area contributed by atoms with Crippen LogP contribution in [0.2, 0.25) is 0 Å². The average molecular weight is 391 g/mol. The summed E-state index contributed by atoms with van der Waals surface area (Å²) in [4.78, 5) is 29.1. The molecular formula is C21H18FN5O2. The van der Waals surface area contributed by atoms with Gasteiger partial charge in [-0.25, -0.2) is 14.5 Å². The highest BCUT2D eigenvalue weighted by molar-refractivity contribution is 5.88. The number of fused-ring (bicyclic) bond motifs is 1. The van der Waals surface area contributed by atoms with Crippen molar-refractivity contribution in [2.45, 2.75) is 12.5 Å². The predicted octanol–water partition coefficient (Wildman–Crippen LogP) is 2.24. The molecule has 2 aromatic carbocycles. The number of hydrogen-bond acceptors (Lipinski definition) is 4. The van der Waals surface area contributed by atoms with Crippen LogP contribution in [0.25, 0.3) is 10.8 Å². The molecule has 1 atom stereocenters. The molecule has 0 aliphatic rings. The van der Waals surface area contributed by atoms with Gasteiger partial charge in [-0.15, -0.1) is 0 Å². The van der Waals surface area contributed by atoms with E-state index in [-0.39, 0.29) is 23.7 Å². The van der Waals surface area contributed by atoms with Gasteiger partial charge in [-0.3, -0.25) is 9.59 Å². The topological polar surface area (TPSA) is 92.7 Å². The monoisotopic (exact) mass is 391 g/mol. The number of carbonyl (C=O) groups is 1. The van der Waals surface area contributed by atoms with Crippen LogP contribution in [0, 0.1) is 5.82 Å². The fourth-order valence-corrected chi connectivity index (χ4v) is 3.28. The minimum absolute atomic E-state index is 0.0284. The molecule has 2 heterocycles. The standard InChI is InChI=1S/C21H18FN5O2/c1-27-11-10-23-20(27)19(13-6-8-14(22)9-7-13)24-18(28)12-17-15-4-2-3-5-16(15)21(29)26-25-17/h2-11,19H,12H2,1H3,(H,24,28)(H,26,29). The van der Waals surface area contributed by atoms with Gasteiger partial charge >= 0.3 is 0 Å². The highest BCUT2D eigenvalue weighted by atomic mass is 19.1. The molecule has 1 amide bonds. The third-order valence-electron chi connectivity index (χ3n) is 4.73. The number of halogens is 1. The van der Waals surface area contributed by atoms with Crippen LogP contribution in [-0.4, -0.2) is 25.7 Å². The number of nitrogens with one attached hydrogen (secondary N) is 2. The van der Waals surface area contributed by atoms with Gasteiger partial charge in [0.15, 0.2) is 0 Å². The Labute approximate surface area is 165 Å². The largest absolute Gasteiger partial charge is 0.342 e. The lowest BCUT2D eigenvalue weighted by Gasteiger charge is -2.19. The molecule has 0 saturated heterocycles. The number of H-pyrrole nitrogens is 1. The summed E-state index contributed by atoms with van der Waals surface area (Å²) in [5.74, 6) is -0.0427. The molecule has 0 saturated carbocycles. The number of rotatable bonds is 5. The number of aryl methyl sites for hydroxylation is 1. The molecule has 1 unspecified atom stereocenters. The van der Waals surface area contributed by atoms with Gasteiger partial charge < -0.3 is 9.88 Å². The Hall–Kier alpha value is -3.81. The van der Waals surface area contributed by atoms with Crippen molar-refractivity contribution in [2.24, 2.45) is 7.05 Å². The number of amides is 1. The molecular weight excluding hydrogens is 373 g/mol. The fraction of sp³-hybridized carbons (Fsp3) is 0.143. The number of aromatic nitrogens is 4. The molecule has 2 aromatic heterocycles. The molecule has 146 valence electrons. The first-order valence-electron chi connectivity index (χ1n) is 9.01. The smallest absolute Gasteiger partial charge is 0.272 e. The van der Waals surface area contributed by atoms with E-state index in [2.05, 4.69) is 20.5 Å². The van der Waals surface area contributed by atoms with Crippen LogP contribution >= 0.6 is 0 Å². The van der Waals surface area contributed by atoms with Crippen LogP contribution in [0.15, 0.2) is 65.7 Å². The maximum atomic E-state index is 13.4. The van der Waals surface area contributed by atoms with E-state index in [4.69, 9.17) is 0 Å². The van der Waals surface area contributed by atoms with Crippen LogP contribution < -0.4 is 10.9 Å². The predicted molar refractivity (Wildman–Crippen MR) is 106 cm³/mol. The molecule has 0 bridgehead atoms. The summed E-state index contributed by atoms with van der Waals surface area (Å²) in [5.41, 5.74) is 0.866. The molecule has 2 N–H and O–H groups in total. The molecule has 4 aromatic rings. The normalized spacial score (nSPS) is 12.1. The molecule has 0 aliphatic carbocycles. The molecule has 0 aliphatic heterocycles. The highest BCUT2D eigenvalue weighted by Crippen LogP contribution is 2.21. The van der Waals surface area contributed by atoms with E-state index >= 15 is 0 Å². The minimum Gasteiger partial charge on any atom is -0.342 e. The van der Waals surface area contributed by atoms with E-state index in [9.17, 15) is 14.0 Å². The number of benzene rings is 2. The zero-order valence-corrected chi connectivity index (χ0v) is 15.6. The summed E-state index contributed by atoms with van der Waals surface area (Å²) in [6.07, 6.45) is 3.38. The number of aromatic amines is 1. The lowest BCUT2D eigenvalue weighted by Crippen LogP contribution is -2.32. The second kappa shape index (κ2) is 7.67. The van der Waals surface area contributed by atoms with E-state index in [0.29, 0.717) is 27.9 Å². The molecule has 7 nitrogen and oxygen atoms in total. The van der Waals surface area contributed by atoms with E-state index in [1.165, 1.54) is 12.1 Å². The van der Waals surface area contributed by atoms with Crippen molar-refractivity contribution in [3.8, 4) is 0 Å². The van der Waals surface area contributed by atoms with Crippen molar-refractivity contribution in [2.75, 3.05) is 0 Å². The maximum Gasteiger partial charge on any atom is 0.272 e. The number of nitrogens with zero attached hydrogens (tertiary/aromatic N) is 3. The fourth-order valence-electron chi connectivity index (χ4n) is 3.28. The summed E-state index contributed by atoms with van der Waals surface area (Å²) in [6, 6.07) is 12.3. The SMILES string of the molecule is Cn1ccnc1C(NC(=O)Cc1n[nH]c(=O)c2ccccc12)c1ccc(F)cc1. The van der Waals surface area contributed by atoms with Crippen LogP contribution in [0.1, 0.15) is 23.1 Å².